The van der Waals surface area contributed by atoms with E-state index < -0.39 is 0 Å². The van der Waals surface area contributed by atoms with Gasteiger partial charge in [0, 0.05) is 12.6 Å². The SMILES string of the molecule is C=NCCN(C)C(C)C. The minimum atomic E-state index is 0.617. The quantitative estimate of drug-likeness (QED) is 0.516. The number of aliphatic imine (C=N–C) groups is 1. The van der Waals surface area contributed by atoms with Gasteiger partial charge in [-0.2, -0.15) is 0 Å². The molecule has 0 aliphatic rings. The van der Waals surface area contributed by atoms with E-state index >= 15 is 0 Å². The van der Waals surface area contributed by atoms with Gasteiger partial charge < -0.3 is 4.90 Å². The first-order chi connectivity index (χ1) is 4.18. The standard InChI is InChI=1S/C7H16N2/c1-7(2)9(4)6-5-8-3/h7H,3,5-6H2,1-2,4H3. The molecule has 0 spiro atoms. The minimum Gasteiger partial charge on any atom is -0.302 e. The van der Waals surface area contributed by atoms with E-state index in [0.29, 0.717) is 6.04 Å². The predicted octanol–water partition coefficient (Wildman–Crippen LogP) is 1.03. The van der Waals surface area contributed by atoms with E-state index in [1.807, 2.05) is 0 Å². The normalized spacial score (nSPS) is 10.8. The summed E-state index contributed by atoms with van der Waals surface area (Å²) < 4.78 is 0. The zero-order valence-corrected chi connectivity index (χ0v) is 6.59. The van der Waals surface area contributed by atoms with Crippen LogP contribution in [0.25, 0.3) is 0 Å². The molecule has 0 aromatic carbocycles. The van der Waals surface area contributed by atoms with Crippen LogP contribution in [0.5, 0.6) is 0 Å². The first-order valence-electron chi connectivity index (χ1n) is 3.31. The number of rotatable bonds is 4. The second kappa shape index (κ2) is 4.50. The third-order valence-corrected chi connectivity index (χ3v) is 1.49. The lowest BCUT2D eigenvalue weighted by Gasteiger charge is -2.19. The third-order valence-electron chi connectivity index (χ3n) is 1.49. The van der Waals surface area contributed by atoms with Gasteiger partial charge in [-0.25, -0.2) is 0 Å². The Labute approximate surface area is 57.6 Å². The van der Waals surface area contributed by atoms with Crippen LogP contribution in [0, 0.1) is 0 Å². The van der Waals surface area contributed by atoms with Crippen molar-refractivity contribution in [3.8, 4) is 0 Å². The number of hydrogen-bond donors (Lipinski definition) is 0. The first kappa shape index (κ1) is 8.63. The van der Waals surface area contributed by atoms with Crippen LogP contribution >= 0.6 is 0 Å². The van der Waals surface area contributed by atoms with Crippen molar-refractivity contribution in [1.82, 2.24) is 4.90 Å². The summed E-state index contributed by atoms with van der Waals surface area (Å²) in [6.07, 6.45) is 0. The second-order valence-electron chi connectivity index (χ2n) is 2.52. The van der Waals surface area contributed by atoms with E-state index in [1.54, 1.807) is 0 Å². The third kappa shape index (κ3) is 4.15. The molecule has 54 valence electrons. The van der Waals surface area contributed by atoms with Gasteiger partial charge in [0.15, 0.2) is 0 Å². The highest BCUT2D eigenvalue weighted by Crippen LogP contribution is 1.91. The van der Waals surface area contributed by atoms with E-state index in [1.165, 1.54) is 0 Å². The van der Waals surface area contributed by atoms with Gasteiger partial charge in [-0.3, -0.25) is 4.99 Å². The van der Waals surface area contributed by atoms with Gasteiger partial charge in [0.1, 0.15) is 0 Å². The van der Waals surface area contributed by atoms with E-state index in [-0.39, 0.29) is 0 Å². The van der Waals surface area contributed by atoms with Gasteiger partial charge in [-0.1, -0.05) is 0 Å². The Morgan fingerprint density at radius 3 is 2.44 bits per heavy atom. The van der Waals surface area contributed by atoms with Crippen LogP contribution in [0.4, 0.5) is 0 Å². The summed E-state index contributed by atoms with van der Waals surface area (Å²) in [6.45, 7) is 9.61. The molecule has 2 nitrogen and oxygen atoms in total. The largest absolute Gasteiger partial charge is 0.302 e. The summed E-state index contributed by atoms with van der Waals surface area (Å²) in [4.78, 5) is 6.01. The Hall–Kier alpha value is -0.370. The molecular weight excluding hydrogens is 112 g/mol. The lowest BCUT2D eigenvalue weighted by molar-refractivity contribution is 0.282. The summed E-state index contributed by atoms with van der Waals surface area (Å²) in [5, 5.41) is 0. The Morgan fingerprint density at radius 1 is 1.56 bits per heavy atom. The lowest BCUT2D eigenvalue weighted by atomic mass is 10.3. The topological polar surface area (TPSA) is 15.6 Å². The molecule has 0 aromatic heterocycles. The maximum Gasteiger partial charge on any atom is 0.0509 e. The molecule has 0 saturated carbocycles. The zero-order valence-electron chi connectivity index (χ0n) is 6.59. The van der Waals surface area contributed by atoms with Crippen LogP contribution in [0.2, 0.25) is 0 Å². The Morgan fingerprint density at radius 2 is 2.11 bits per heavy atom. The lowest BCUT2D eigenvalue weighted by Crippen LogP contribution is -2.28. The summed E-state index contributed by atoms with van der Waals surface area (Å²) in [7, 11) is 2.09. The van der Waals surface area contributed by atoms with Gasteiger partial charge >= 0.3 is 0 Å². The minimum absolute atomic E-state index is 0.617. The molecular formula is C7H16N2. The van der Waals surface area contributed by atoms with Crippen molar-refractivity contribution < 1.29 is 0 Å². The molecule has 0 fully saturated rings. The molecule has 0 aliphatic carbocycles. The number of hydrogen-bond acceptors (Lipinski definition) is 2. The highest BCUT2D eigenvalue weighted by molar-refractivity contribution is 5.23. The highest BCUT2D eigenvalue weighted by Gasteiger charge is 1.99. The molecule has 0 amide bonds. The smallest absolute Gasteiger partial charge is 0.0509 e. The average Bonchev–Trinajstić information content (AvgIpc) is 1.82. The van der Waals surface area contributed by atoms with E-state index in [9.17, 15) is 0 Å². The van der Waals surface area contributed by atoms with Gasteiger partial charge in [0.25, 0.3) is 0 Å². The Kier molecular flexibility index (Phi) is 4.32. The van der Waals surface area contributed by atoms with E-state index in [4.69, 9.17) is 0 Å². The Balaban J connectivity index is 3.26. The summed E-state index contributed by atoms with van der Waals surface area (Å²) in [5.41, 5.74) is 0. The molecule has 0 bridgehead atoms. The maximum absolute atomic E-state index is 3.77. The van der Waals surface area contributed by atoms with Crippen LogP contribution in [0.3, 0.4) is 0 Å². The molecule has 0 rings (SSSR count). The van der Waals surface area contributed by atoms with Crippen molar-refractivity contribution in [1.29, 1.82) is 0 Å². The molecule has 2 heteroatoms. The van der Waals surface area contributed by atoms with Crippen molar-refractivity contribution in [3.63, 3.8) is 0 Å². The average molecular weight is 128 g/mol. The van der Waals surface area contributed by atoms with Crippen molar-refractivity contribution in [2.45, 2.75) is 19.9 Å². The van der Waals surface area contributed by atoms with E-state index in [2.05, 4.69) is 37.5 Å². The molecule has 0 unspecified atom stereocenters. The van der Waals surface area contributed by atoms with Crippen LogP contribution < -0.4 is 0 Å². The highest BCUT2D eigenvalue weighted by atomic mass is 15.1. The summed E-state index contributed by atoms with van der Waals surface area (Å²) in [6, 6.07) is 0.617. The fourth-order valence-electron chi connectivity index (χ4n) is 0.487. The molecule has 0 radical (unpaired) electrons. The van der Waals surface area contributed by atoms with Crippen LogP contribution in [-0.4, -0.2) is 37.8 Å². The predicted molar refractivity (Wildman–Crippen MR) is 42.2 cm³/mol. The van der Waals surface area contributed by atoms with Crippen molar-refractivity contribution >= 4 is 6.72 Å². The number of nitrogens with zero attached hydrogens (tertiary/aromatic N) is 2. The number of likely N-dealkylation sites (N-methyl/N-ethyl adjacent to an activating group) is 1. The fourth-order valence-corrected chi connectivity index (χ4v) is 0.487. The fraction of sp³-hybridized carbons (Fsp3) is 0.857. The van der Waals surface area contributed by atoms with Gasteiger partial charge in [-0.15, -0.1) is 0 Å². The summed E-state index contributed by atoms with van der Waals surface area (Å²) >= 11 is 0. The zero-order chi connectivity index (χ0) is 7.28. The van der Waals surface area contributed by atoms with Gasteiger partial charge in [0.05, 0.1) is 6.54 Å². The molecule has 0 aromatic rings. The monoisotopic (exact) mass is 128 g/mol. The maximum atomic E-state index is 3.77. The molecule has 9 heavy (non-hydrogen) atoms. The van der Waals surface area contributed by atoms with Crippen LogP contribution in [0.15, 0.2) is 4.99 Å². The van der Waals surface area contributed by atoms with Gasteiger partial charge in [-0.05, 0) is 27.6 Å². The molecule has 0 saturated heterocycles. The molecule has 0 aliphatic heterocycles. The van der Waals surface area contributed by atoms with Crippen LogP contribution in [-0.2, 0) is 0 Å². The molecule has 0 N–H and O–H groups in total. The van der Waals surface area contributed by atoms with Gasteiger partial charge in [0.2, 0.25) is 0 Å². The molecule has 0 atom stereocenters. The van der Waals surface area contributed by atoms with Crippen molar-refractivity contribution in [2.24, 2.45) is 4.99 Å². The summed E-state index contributed by atoms with van der Waals surface area (Å²) in [5.74, 6) is 0. The first-order valence-corrected chi connectivity index (χ1v) is 3.31. The van der Waals surface area contributed by atoms with Crippen LogP contribution in [0.1, 0.15) is 13.8 Å². The van der Waals surface area contributed by atoms with E-state index in [0.717, 1.165) is 13.1 Å². The second-order valence-corrected chi connectivity index (χ2v) is 2.52. The Bertz CT molecular complexity index is 79.0. The van der Waals surface area contributed by atoms with Crippen molar-refractivity contribution in [2.75, 3.05) is 20.1 Å². The molecule has 0 heterocycles. The van der Waals surface area contributed by atoms with Crippen molar-refractivity contribution in [3.05, 3.63) is 0 Å².